The van der Waals surface area contributed by atoms with E-state index in [9.17, 15) is 9.59 Å². The van der Waals surface area contributed by atoms with Crippen LogP contribution in [0.3, 0.4) is 0 Å². The molecule has 150 valence electrons. The van der Waals surface area contributed by atoms with Crippen LogP contribution in [-0.4, -0.2) is 55.8 Å². The first-order valence-electron chi connectivity index (χ1n) is 9.58. The van der Waals surface area contributed by atoms with Crippen LogP contribution in [0.5, 0.6) is 0 Å². The molecule has 8 nitrogen and oxygen atoms in total. The van der Waals surface area contributed by atoms with E-state index in [2.05, 4.69) is 26.3 Å². The van der Waals surface area contributed by atoms with Gasteiger partial charge in [0.05, 0.1) is 0 Å². The smallest absolute Gasteiger partial charge is 0.407 e. The highest BCUT2D eigenvalue weighted by Crippen LogP contribution is 2.17. The number of hydrogen-bond donors (Lipinski definition) is 4. The fraction of sp³-hybridized carbons (Fsp3) is 0.833. The van der Waals surface area contributed by atoms with E-state index < -0.39 is 11.7 Å². The Labute approximate surface area is 156 Å². The van der Waals surface area contributed by atoms with Crippen molar-refractivity contribution in [2.75, 3.05) is 26.2 Å². The van der Waals surface area contributed by atoms with Gasteiger partial charge in [0.1, 0.15) is 12.1 Å². The summed E-state index contributed by atoms with van der Waals surface area (Å²) in [7, 11) is 0. The molecule has 1 aliphatic carbocycles. The summed E-state index contributed by atoms with van der Waals surface area (Å²) in [6.07, 6.45) is 5.30. The van der Waals surface area contributed by atoms with Gasteiger partial charge in [-0.1, -0.05) is 19.3 Å². The van der Waals surface area contributed by atoms with Crippen LogP contribution in [0.25, 0.3) is 0 Å². The number of alkyl carbamates (subject to hydrolysis) is 1. The number of guanidine groups is 1. The Morgan fingerprint density at radius 2 is 1.69 bits per heavy atom. The van der Waals surface area contributed by atoms with E-state index >= 15 is 0 Å². The number of ether oxygens (including phenoxy) is 1. The molecule has 0 saturated heterocycles. The van der Waals surface area contributed by atoms with Gasteiger partial charge in [-0.3, -0.25) is 4.79 Å². The normalized spacial score (nSPS) is 15.9. The number of amides is 2. The molecule has 2 amide bonds. The zero-order valence-corrected chi connectivity index (χ0v) is 16.6. The molecule has 0 aromatic heterocycles. The van der Waals surface area contributed by atoms with E-state index in [4.69, 9.17) is 4.74 Å². The number of rotatable bonds is 7. The quantitative estimate of drug-likeness (QED) is 0.309. The largest absolute Gasteiger partial charge is 0.444 e. The minimum Gasteiger partial charge on any atom is -0.444 e. The number of nitrogens with one attached hydrogen (secondary N) is 4. The van der Waals surface area contributed by atoms with Crippen LogP contribution >= 0.6 is 0 Å². The Hall–Kier alpha value is -1.99. The van der Waals surface area contributed by atoms with Gasteiger partial charge in [0.15, 0.2) is 5.96 Å². The Bertz CT molecular complexity index is 468. The van der Waals surface area contributed by atoms with Crippen molar-refractivity contribution in [3.8, 4) is 0 Å². The Morgan fingerprint density at radius 3 is 2.31 bits per heavy atom. The van der Waals surface area contributed by atoms with Gasteiger partial charge in [-0.25, -0.2) is 9.79 Å². The van der Waals surface area contributed by atoms with E-state index in [-0.39, 0.29) is 12.5 Å². The Balaban J connectivity index is 2.29. The van der Waals surface area contributed by atoms with Gasteiger partial charge in [-0.15, -0.1) is 0 Å². The van der Waals surface area contributed by atoms with Crippen molar-refractivity contribution in [3.05, 3.63) is 0 Å². The topological polar surface area (TPSA) is 104 Å². The molecule has 0 atom stereocenters. The molecule has 1 rings (SSSR count). The van der Waals surface area contributed by atoms with E-state index in [1.165, 1.54) is 19.3 Å². The SMILES string of the molecule is CCNC(=NCC(=O)NC1CCCCC1)NCCNC(=O)OC(C)(C)C. The minimum absolute atomic E-state index is 0.0546. The van der Waals surface area contributed by atoms with Crippen LogP contribution in [0.4, 0.5) is 4.79 Å². The van der Waals surface area contributed by atoms with Crippen molar-refractivity contribution in [3.63, 3.8) is 0 Å². The van der Waals surface area contributed by atoms with Crippen LogP contribution in [-0.2, 0) is 9.53 Å². The van der Waals surface area contributed by atoms with Crippen molar-refractivity contribution >= 4 is 18.0 Å². The number of nitrogens with zero attached hydrogens (tertiary/aromatic N) is 1. The summed E-state index contributed by atoms with van der Waals surface area (Å²) < 4.78 is 5.17. The third-order valence-electron chi connectivity index (χ3n) is 3.78. The molecule has 26 heavy (non-hydrogen) atoms. The van der Waals surface area contributed by atoms with Crippen LogP contribution in [0.2, 0.25) is 0 Å². The average molecular weight is 370 g/mol. The van der Waals surface area contributed by atoms with Crippen molar-refractivity contribution in [2.24, 2.45) is 4.99 Å². The lowest BCUT2D eigenvalue weighted by Crippen LogP contribution is -2.43. The van der Waals surface area contributed by atoms with Crippen LogP contribution in [0, 0.1) is 0 Å². The molecule has 0 aliphatic heterocycles. The zero-order valence-electron chi connectivity index (χ0n) is 16.6. The molecular weight excluding hydrogens is 334 g/mol. The summed E-state index contributed by atoms with van der Waals surface area (Å²) in [5, 5.41) is 11.9. The lowest BCUT2D eigenvalue weighted by atomic mass is 9.95. The molecule has 4 N–H and O–H groups in total. The van der Waals surface area contributed by atoms with Crippen molar-refractivity contribution in [1.29, 1.82) is 0 Å². The van der Waals surface area contributed by atoms with Gasteiger partial charge >= 0.3 is 6.09 Å². The zero-order chi connectivity index (χ0) is 19.4. The monoisotopic (exact) mass is 369 g/mol. The summed E-state index contributed by atoms with van der Waals surface area (Å²) in [6, 6.07) is 0.292. The molecule has 0 bridgehead atoms. The maximum absolute atomic E-state index is 12.0. The standard InChI is InChI=1S/C18H35N5O3/c1-5-19-16(20-11-12-21-17(25)26-18(2,3)4)22-13-15(24)23-14-9-7-6-8-10-14/h14H,5-13H2,1-4H3,(H,21,25)(H,23,24)(H2,19,20,22). The van der Waals surface area contributed by atoms with Gasteiger partial charge in [0.25, 0.3) is 0 Å². The van der Waals surface area contributed by atoms with Gasteiger partial charge in [-0.2, -0.15) is 0 Å². The first-order valence-corrected chi connectivity index (χ1v) is 9.58. The number of carbonyl (C=O) groups excluding carboxylic acids is 2. The highest BCUT2D eigenvalue weighted by Gasteiger charge is 2.16. The molecule has 0 heterocycles. The van der Waals surface area contributed by atoms with E-state index in [0.717, 1.165) is 12.8 Å². The fourth-order valence-electron chi connectivity index (χ4n) is 2.67. The van der Waals surface area contributed by atoms with Crippen LogP contribution in [0.1, 0.15) is 59.8 Å². The molecular formula is C18H35N5O3. The van der Waals surface area contributed by atoms with Gasteiger partial charge < -0.3 is 26.0 Å². The molecule has 1 fully saturated rings. The van der Waals surface area contributed by atoms with Gasteiger partial charge in [0, 0.05) is 25.7 Å². The van der Waals surface area contributed by atoms with Crippen molar-refractivity contribution in [2.45, 2.75) is 71.4 Å². The minimum atomic E-state index is -0.514. The highest BCUT2D eigenvalue weighted by atomic mass is 16.6. The molecule has 0 aromatic rings. The van der Waals surface area contributed by atoms with E-state index in [1.54, 1.807) is 0 Å². The average Bonchev–Trinajstić information content (AvgIpc) is 2.55. The lowest BCUT2D eigenvalue weighted by molar-refractivity contribution is -0.120. The summed E-state index contributed by atoms with van der Waals surface area (Å²) in [6.45, 7) is 9.07. The maximum atomic E-state index is 12.0. The number of aliphatic imine (C=N–C) groups is 1. The molecule has 1 aliphatic rings. The third-order valence-corrected chi connectivity index (χ3v) is 3.78. The van der Waals surface area contributed by atoms with Gasteiger partial charge in [0.2, 0.25) is 5.91 Å². The van der Waals surface area contributed by atoms with Crippen molar-refractivity contribution < 1.29 is 14.3 Å². The van der Waals surface area contributed by atoms with Gasteiger partial charge in [-0.05, 0) is 40.5 Å². The lowest BCUT2D eigenvalue weighted by Gasteiger charge is -2.22. The van der Waals surface area contributed by atoms with E-state index in [1.807, 2.05) is 27.7 Å². The summed E-state index contributed by atoms with van der Waals surface area (Å²) in [5.74, 6) is 0.498. The van der Waals surface area contributed by atoms with E-state index in [0.29, 0.717) is 31.6 Å². The summed E-state index contributed by atoms with van der Waals surface area (Å²) in [5.41, 5.74) is -0.514. The van der Waals surface area contributed by atoms with Crippen LogP contribution < -0.4 is 21.3 Å². The maximum Gasteiger partial charge on any atom is 0.407 e. The first-order chi connectivity index (χ1) is 12.3. The second-order valence-electron chi connectivity index (χ2n) is 7.45. The summed E-state index contributed by atoms with van der Waals surface area (Å²) >= 11 is 0. The second kappa shape index (κ2) is 11.6. The second-order valence-corrected chi connectivity index (χ2v) is 7.45. The molecule has 0 unspecified atom stereocenters. The molecule has 8 heteroatoms. The number of hydrogen-bond acceptors (Lipinski definition) is 4. The predicted molar refractivity (Wildman–Crippen MR) is 103 cm³/mol. The number of carbonyl (C=O) groups is 2. The molecule has 0 radical (unpaired) electrons. The predicted octanol–water partition coefficient (Wildman–Crippen LogP) is 1.52. The summed E-state index contributed by atoms with van der Waals surface area (Å²) in [4.78, 5) is 27.9. The molecule has 0 aromatic carbocycles. The fourth-order valence-corrected chi connectivity index (χ4v) is 2.67. The highest BCUT2D eigenvalue weighted by molar-refractivity contribution is 5.85. The Morgan fingerprint density at radius 1 is 1.04 bits per heavy atom. The van der Waals surface area contributed by atoms with Crippen LogP contribution in [0.15, 0.2) is 4.99 Å². The first kappa shape index (κ1) is 22.1. The molecule has 0 spiro atoms. The van der Waals surface area contributed by atoms with Crippen molar-refractivity contribution in [1.82, 2.24) is 21.3 Å². The Kier molecular flexibility index (Phi) is 9.83. The molecule has 1 saturated carbocycles. The third kappa shape index (κ3) is 10.8.